The molecule has 0 spiro atoms. The lowest BCUT2D eigenvalue weighted by Crippen LogP contribution is -2.44. The molecule has 1 fully saturated rings. The van der Waals surface area contributed by atoms with Crippen LogP contribution in [-0.2, 0) is 16.0 Å². The van der Waals surface area contributed by atoms with Crippen LogP contribution in [0.25, 0.3) is 0 Å². The van der Waals surface area contributed by atoms with E-state index in [0.717, 1.165) is 31.2 Å². The summed E-state index contributed by atoms with van der Waals surface area (Å²) in [5, 5.41) is 12.2. The lowest BCUT2D eigenvalue weighted by molar-refractivity contribution is -0.143. The van der Waals surface area contributed by atoms with E-state index in [1.165, 1.54) is 12.1 Å². The fraction of sp³-hybridized carbons (Fsp3) is 0.529. The van der Waals surface area contributed by atoms with Gasteiger partial charge in [0.25, 0.3) is 0 Å². The predicted molar refractivity (Wildman–Crippen MR) is 80.9 cm³/mol. The second-order valence-corrected chi connectivity index (χ2v) is 5.91. The normalized spacial score (nSPS) is 22.4. The number of hydrogen-bond donors (Lipinski definition) is 2. The Bertz CT molecular complexity index is 515. The Morgan fingerprint density at radius 2 is 1.73 bits per heavy atom. The molecule has 4 nitrogen and oxygen atoms in total. The Morgan fingerprint density at radius 3 is 2.36 bits per heavy atom. The lowest BCUT2D eigenvalue weighted by Gasteiger charge is -2.27. The summed E-state index contributed by atoms with van der Waals surface area (Å²) in [5.74, 6) is -1.90. The van der Waals surface area contributed by atoms with Gasteiger partial charge in [0.2, 0.25) is 5.91 Å². The predicted octanol–water partition coefficient (Wildman–Crippen LogP) is 2.91. The molecule has 0 aromatic heterocycles. The molecule has 1 aromatic rings. The molecule has 22 heavy (non-hydrogen) atoms. The van der Waals surface area contributed by atoms with Crippen LogP contribution in [-0.4, -0.2) is 23.0 Å². The molecule has 1 aromatic carbocycles. The first-order chi connectivity index (χ1) is 10.6. The smallest absolute Gasteiger partial charge is 0.308 e. The Labute approximate surface area is 129 Å². The highest BCUT2D eigenvalue weighted by Gasteiger charge is 2.29. The van der Waals surface area contributed by atoms with E-state index in [1.54, 1.807) is 12.1 Å². The zero-order valence-electron chi connectivity index (χ0n) is 12.6. The SMILES string of the molecule is O=C(Cc1ccc(F)cc1)NC1CCCCCCC1C(=O)O. The molecule has 0 bridgehead atoms. The monoisotopic (exact) mass is 307 g/mol. The highest BCUT2D eigenvalue weighted by Crippen LogP contribution is 2.23. The quantitative estimate of drug-likeness (QED) is 0.899. The first kappa shape index (κ1) is 16.5. The number of carboxylic acid groups (broad SMARTS) is 1. The standard InChI is InChI=1S/C17H22FNO3/c18-13-9-7-12(8-10-13)11-16(20)19-15-6-4-2-1-3-5-14(15)17(21)22/h7-10,14-15H,1-6,11H2,(H,19,20)(H,21,22). The van der Waals surface area contributed by atoms with E-state index in [-0.39, 0.29) is 24.2 Å². The van der Waals surface area contributed by atoms with Crippen molar-refractivity contribution in [1.29, 1.82) is 0 Å². The number of halogens is 1. The fourth-order valence-electron chi connectivity index (χ4n) is 3.00. The van der Waals surface area contributed by atoms with E-state index in [2.05, 4.69) is 5.32 Å². The van der Waals surface area contributed by atoms with Gasteiger partial charge < -0.3 is 10.4 Å². The number of benzene rings is 1. The maximum atomic E-state index is 12.9. The third-order valence-electron chi connectivity index (χ3n) is 4.21. The highest BCUT2D eigenvalue weighted by molar-refractivity contribution is 5.80. The molecule has 2 rings (SSSR count). The minimum Gasteiger partial charge on any atom is -0.481 e. The third-order valence-corrected chi connectivity index (χ3v) is 4.21. The first-order valence-electron chi connectivity index (χ1n) is 7.83. The van der Waals surface area contributed by atoms with Gasteiger partial charge in [-0.05, 0) is 30.5 Å². The van der Waals surface area contributed by atoms with E-state index in [0.29, 0.717) is 12.8 Å². The van der Waals surface area contributed by atoms with Gasteiger partial charge in [0, 0.05) is 6.04 Å². The van der Waals surface area contributed by atoms with Crippen LogP contribution in [0.2, 0.25) is 0 Å². The van der Waals surface area contributed by atoms with Gasteiger partial charge in [-0.1, -0.05) is 37.8 Å². The second kappa shape index (κ2) is 7.92. The number of hydrogen-bond acceptors (Lipinski definition) is 2. The molecule has 2 unspecified atom stereocenters. The summed E-state index contributed by atoms with van der Waals surface area (Å²) < 4.78 is 12.9. The van der Waals surface area contributed by atoms with Crippen LogP contribution in [0.1, 0.15) is 44.1 Å². The van der Waals surface area contributed by atoms with Gasteiger partial charge in [0.15, 0.2) is 0 Å². The molecule has 0 radical (unpaired) electrons. The van der Waals surface area contributed by atoms with Crippen LogP contribution in [0.5, 0.6) is 0 Å². The zero-order chi connectivity index (χ0) is 15.9. The molecule has 120 valence electrons. The summed E-state index contributed by atoms with van der Waals surface area (Å²) in [6.07, 6.45) is 5.41. The van der Waals surface area contributed by atoms with E-state index < -0.39 is 11.9 Å². The van der Waals surface area contributed by atoms with Crippen LogP contribution in [0.15, 0.2) is 24.3 Å². The minimum absolute atomic E-state index is 0.142. The van der Waals surface area contributed by atoms with Crippen molar-refractivity contribution < 1.29 is 19.1 Å². The van der Waals surface area contributed by atoms with Crippen LogP contribution >= 0.6 is 0 Å². The van der Waals surface area contributed by atoms with Crippen molar-refractivity contribution in [3.05, 3.63) is 35.6 Å². The molecule has 1 saturated carbocycles. The van der Waals surface area contributed by atoms with Crippen LogP contribution in [0, 0.1) is 11.7 Å². The van der Waals surface area contributed by atoms with E-state index in [9.17, 15) is 19.1 Å². The van der Waals surface area contributed by atoms with Crippen molar-refractivity contribution in [2.24, 2.45) is 5.92 Å². The first-order valence-corrected chi connectivity index (χ1v) is 7.83. The van der Waals surface area contributed by atoms with Gasteiger partial charge in [-0.15, -0.1) is 0 Å². The molecule has 0 heterocycles. The second-order valence-electron chi connectivity index (χ2n) is 5.91. The van der Waals surface area contributed by atoms with Crippen LogP contribution in [0.4, 0.5) is 4.39 Å². The van der Waals surface area contributed by atoms with Gasteiger partial charge in [0.1, 0.15) is 5.82 Å². The van der Waals surface area contributed by atoms with Crippen molar-refractivity contribution in [1.82, 2.24) is 5.32 Å². The average molecular weight is 307 g/mol. The minimum atomic E-state index is -0.839. The van der Waals surface area contributed by atoms with E-state index in [1.807, 2.05) is 0 Å². The number of rotatable bonds is 4. The molecular weight excluding hydrogens is 285 g/mol. The number of nitrogens with one attached hydrogen (secondary N) is 1. The Balaban J connectivity index is 1.97. The van der Waals surface area contributed by atoms with Crippen molar-refractivity contribution in [2.45, 2.75) is 51.0 Å². The van der Waals surface area contributed by atoms with Crippen molar-refractivity contribution >= 4 is 11.9 Å². The summed E-state index contributed by atoms with van der Waals surface area (Å²) in [6.45, 7) is 0. The molecule has 2 atom stereocenters. The fourth-order valence-corrected chi connectivity index (χ4v) is 3.00. The van der Waals surface area contributed by atoms with Crippen molar-refractivity contribution in [2.75, 3.05) is 0 Å². The summed E-state index contributed by atoms with van der Waals surface area (Å²) in [5.41, 5.74) is 0.719. The number of amides is 1. The van der Waals surface area contributed by atoms with Gasteiger partial charge in [-0.2, -0.15) is 0 Å². The Morgan fingerprint density at radius 1 is 1.09 bits per heavy atom. The molecular formula is C17H22FNO3. The Hall–Kier alpha value is -1.91. The van der Waals surface area contributed by atoms with Gasteiger partial charge >= 0.3 is 5.97 Å². The molecule has 2 N–H and O–H groups in total. The van der Waals surface area contributed by atoms with Crippen LogP contribution < -0.4 is 5.32 Å². The third kappa shape index (κ3) is 4.83. The maximum Gasteiger partial charge on any atom is 0.308 e. The van der Waals surface area contributed by atoms with Gasteiger partial charge in [0.05, 0.1) is 12.3 Å². The molecule has 5 heteroatoms. The van der Waals surface area contributed by atoms with Gasteiger partial charge in [-0.25, -0.2) is 4.39 Å². The van der Waals surface area contributed by atoms with Crippen molar-refractivity contribution in [3.8, 4) is 0 Å². The number of aliphatic carboxylic acids is 1. The number of carbonyl (C=O) groups is 2. The molecule has 0 saturated heterocycles. The average Bonchev–Trinajstić information content (AvgIpc) is 2.44. The molecule has 0 aliphatic heterocycles. The van der Waals surface area contributed by atoms with Crippen molar-refractivity contribution in [3.63, 3.8) is 0 Å². The topological polar surface area (TPSA) is 66.4 Å². The van der Waals surface area contributed by atoms with Crippen LogP contribution in [0.3, 0.4) is 0 Å². The number of carbonyl (C=O) groups excluding carboxylic acids is 1. The highest BCUT2D eigenvalue weighted by atomic mass is 19.1. The maximum absolute atomic E-state index is 12.9. The molecule has 1 aliphatic rings. The van der Waals surface area contributed by atoms with Gasteiger partial charge in [-0.3, -0.25) is 9.59 Å². The number of carboxylic acids is 1. The summed E-state index contributed by atoms with van der Waals surface area (Å²) in [6, 6.07) is 5.46. The molecule has 1 amide bonds. The summed E-state index contributed by atoms with van der Waals surface area (Å²) >= 11 is 0. The summed E-state index contributed by atoms with van der Waals surface area (Å²) in [4.78, 5) is 23.5. The molecule has 1 aliphatic carbocycles. The summed E-state index contributed by atoms with van der Waals surface area (Å²) in [7, 11) is 0. The lowest BCUT2D eigenvalue weighted by atomic mass is 9.86. The largest absolute Gasteiger partial charge is 0.481 e. The van der Waals surface area contributed by atoms with E-state index in [4.69, 9.17) is 0 Å². The Kier molecular flexibility index (Phi) is 5.92. The van der Waals surface area contributed by atoms with E-state index >= 15 is 0 Å². The zero-order valence-corrected chi connectivity index (χ0v) is 12.6.